The Labute approximate surface area is 298 Å². The van der Waals surface area contributed by atoms with Crippen molar-refractivity contribution in [3.05, 3.63) is 0 Å². The monoisotopic (exact) mass is 762 g/mol. The summed E-state index contributed by atoms with van der Waals surface area (Å²) >= 11 is 0. The number of aliphatic hydroxyl groups excluding tert-OH is 13. The van der Waals surface area contributed by atoms with Crippen LogP contribution in [0, 0.1) is 5.92 Å². The highest BCUT2D eigenvalue weighted by molar-refractivity contribution is 4.98. The highest BCUT2D eigenvalue weighted by Gasteiger charge is 2.56. The summed E-state index contributed by atoms with van der Waals surface area (Å²) in [7, 11) is 0. The molecular weight excluding hydrogens is 708 g/mol. The molecule has 1 saturated carbocycles. The second kappa shape index (κ2) is 18.4. The number of hydrogen-bond acceptors (Lipinski definition) is 21. The lowest BCUT2D eigenvalue weighted by molar-refractivity contribution is -0.404. The zero-order valence-electron chi connectivity index (χ0n) is 28.4. The Kier molecular flexibility index (Phi) is 15.0. The van der Waals surface area contributed by atoms with E-state index in [9.17, 15) is 66.4 Å². The summed E-state index contributed by atoms with van der Waals surface area (Å²) in [5.74, 6) is 0.481. The van der Waals surface area contributed by atoms with Gasteiger partial charge in [-0.2, -0.15) is 0 Å². The molecule has 4 heterocycles. The summed E-state index contributed by atoms with van der Waals surface area (Å²) in [6.07, 6.45) is -32.4. The Morgan fingerprint density at radius 2 is 0.750 bits per heavy atom. The topological polar surface area (TPSA) is 337 Å². The van der Waals surface area contributed by atoms with Crippen molar-refractivity contribution in [1.29, 1.82) is 0 Å². The van der Waals surface area contributed by atoms with Crippen molar-refractivity contribution in [3.63, 3.8) is 0 Å². The van der Waals surface area contributed by atoms with Crippen LogP contribution < -0.4 is 0 Å². The van der Waals surface area contributed by atoms with Crippen LogP contribution in [0.4, 0.5) is 0 Å². The van der Waals surface area contributed by atoms with E-state index in [2.05, 4.69) is 6.92 Å². The number of ether oxygens (including phenoxy) is 8. The Balaban J connectivity index is 1.40. The maximum atomic E-state index is 11.3. The quantitative estimate of drug-likeness (QED) is 0.0878. The minimum absolute atomic E-state index is 0.311. The molecule has 0 aromatic carbocycles. The van der Waals surface area contributed by atoms with Crippen molar-refractivity contribution < 1.29 is 104 Å². The molecule has 0 aromatic rings. The highest BCUT2D eigenvalue weighted by Crippen LogP contribution is 2.36. The van der Waals surface area contributed by atoms with Gasteiger partial charge in [-0.05, 0) is 31.6 Å². The van der Waals surface area contributed by atoms with Gasteiger partial charge in [0.05, 0.1) is 32.5 Å². The van der Waals surface area contributed by atoms with Crippen molar-refractivity contribution in [2.75, 3.05) is 26.4 Å². The van der Waals surface area contributed by atoms with Gasteiger partial charge in [-0.1, -0.05) is 6.92 Å². The third-order valence-electron chi connectivity index (χ3n) is 10.5. The van der Waals surface area contributed by atoms with Crippen LogP contribution in [0.25, 0.3) is 0 Å². The lowest BCUT2D eigenvalue weighted by atomic mass is 9.89. The summed E-state index contributed by atoms with van der Waals surface area (Å²) < 4.78 is 46.0. The standard InChI is InChI=1S/C31H54O21/c1-10-2-4-11(5-3-10)45-29-24(44)25(19(39)15(9-35)47-29)50-30-27(22(42)18(38)13(7-33)48-30)52-31-26(21(41)17(37)14(8-34)49-31)51-28-23(43)20(40)16(36)12(6-32)46-28/h10-44H,2-9H2,1H3/t10?,11?,12?,13?,14?,15?,16-,17-,18-,19-,20?,21?,22?,23?,24?,25+,26?,27?,28-,29-,30-,31-/m1/s1. The lowest BCUT2D eigenvalue weighted by Gasteiger charge is -2.50. The van der Waals surface area contributed by atoms with E-state index >= 15 is 0 Å². The van der Waals surface area contributed by atoms with Crippen molar-refractivity contribution in [2.45, 2.75) is 162 Å². The van der Waals surface area contributed by atoms with Crippen molar-refractivity contribution in [1.82, 2.24) is 0 Å². The molecule has 0 bridgehead atoms. The third-order valence-corrected chi connectivity index (χ3v) is 10.5. The number of hydrogen-bond donors (Lipinski definition) is 13. The van der Waals surface area contributed by atoms with E-state index in [1.165, 1.54) is 0 Å². The average molecular weight is 763 g/mol. The lowest BCUT2D eigenvalue weighted by Crippen LogP contribution is -2.68. The molecule has 5 aliphatic rings. The van der Waals surface area contributed by atoms with Crippen molar-refractivity contribution in [3.8, 4) is 0 Å². The Bertz CT molecular complexity index is 1080. The largest absolute Gasteiger partial charge is 0.394 e. The van der Waals surface area contributed by atoms with E-state index < -0.39 is 149 Å². The van der Waals surface area contributed by atoms with E-state index in [0.29, 0.717) is 18.8 Å². The summed E-state index contributed by atoms with van der Waals surface area (Å²) in [6, 6.07) is 0. The first-order chi connectivity index (χ1) is 24.7. The Morgan fingerprint density at radius 1 is 0.385 bits per heavy atom. The molecule has 52 heavy (non-hydrogen) atoms. The zero-order chi connectivity index (χ0) is 38.0. The van der Waals surface area contributed by atoms with E-state index in [1.807, 2.05) is 0 Å². The minimum Gasteiger partial charge on any atom is -0.394 e. The second-order valence-electron chi connectivity index (χ2n) is 14.1. The van der Waals surface area contributed by atoms with Crippen LogP contribution in [0.5, 0.6) is 0 Å². The molecule has 0 spiro atoms. The first kappa shape index (κ1) is 42.3. The summed E-state index contributed by atoms with van der Waals surface area (Å²) in [5.41, 5.74) is 0. The van der Waals surface area contributed by atoms with Gasteiger partial charge >= 0.3 is 0 Å². The van der Waals surface area contributed by atoms with Crippen LogP contribution in [0.1, 0.15) is 32.6 Å². The van der Waals surface area contributed by atoms with Crippen LogP contribution in [0.2, 0.25) is 0 Å². The van der Waals surface area contributed by atoms with Gasteiger partial charge in [0.1, 0.15) is 97.7 Å². The minimum atomic E-state index is -2.00. The molecule has 20 atom stereocenters. The third kappa shape index (κ3) is 8.90. The fourth-order valence-corrected chi connectivity index (χ4v) is 7.15. The maximum Gasteiger partial charge on any atom is 0.187 e. The van der Waals surface area contributed by atoms with Crippen molar-refractivity contribution >= 4 is 0 Å². The Morgan fingerprint density at radius 3 is 1.21 bits per heavy atom. The molecule has 0 amide bonds. The van der Waals surface area contributed by atoms with Gasteiger partial charge in [0.15, 0.2) is 25.2 Å². The molecule has 21 nitrogen and oxygen atoms in total. The molecule has 0 aromatic heterocycles. The molecule has 5 rings (SSSR count). The second-order valence-corrected chi connectivity index (χ2v) is 14.1. The zero-order valence-corrected chi connectivity index (χ0v) is 28.4. The predicted molar refractivity (Wildman–Crippen MR) is 164 cm³/mol. The normalized spacial score (nSPS) is 52.0. The molecular formula is C31H54O21. The molecule has 0 radical (unpaired) electrons. The van der Waals surface area contributed by atoms with Gasteiger partial charge in [-0.3, -0.25) is 0 Å². The summed E-state index contributed by atoms with van der Waals surface area (Å²) in [4.78, 5) is 0. The highest BCUT2D eigenvalue weighted by atomic mass is 16.8. The van der Waals surface area contributed by atoms with Crippen LogP contribution in [0.15, 0.2) is 0 Å². The van der Waals surface area contributed by atoms with Gasteiger partial charge in [0.25, 0.3) is 0 Å². The molecule has 5 fully saturated rings. The van der Waals surface area contributed by atoms with Crippen LogP contribution >= 0.6 is 0 Å². The van der Waals surface area contributed by atoms with Gasteiger partial charge in [0, 0.05) is 0 Å². The predicted octanol–water partition coefficient (Wildman–Crippen LogP) is -7.15. The van der Waals surface area contributed by atoms with E-state index in [0.717, 1.165) is 12.8 Å². The SMILES string of the molecule is CC1CCC(O[C@@H]2OC(CO)[C@@H](O)[C@H](O[C@H]3OC(CO)[C@@H](O)C(O)C3O[C@H]3OC(CO)[C@@H](O)C(O)C3O[C@H]3OC(CO)[C@@H](O)C(O)C3O)C2O)CC1. The molecule has 4 saturated heterocycles. The molecule has 13 N–H and O–H groups in total. The van der Waals surface area contributed by atoms with Gasteiger partial charge in [-0.25, -0.2) is 0 Å². The molecule has 21 heteroatoms. The summed E-state index contributed by atoms with van der Waals surface area (Å²) in [6.45, 7) is -1.18. The van der Waals surface area contributed by atoms with E-state index in [-0.39, 0.29) is 6.10 Å². The number of aliphatic hydroxyl groups is 13. The summed E-state index contributed by atoms with van der Waals surface area (Å²) in [5, 5.41) is 136. The molecule has 11 unspecified atom stereocenters. The van der Waals surface area contributed by atoms with Gasteiger partial charge < -0.3 is 104 Å². The van der Waals surface area contributed by atoms with Gasteiger partial charge in [0.2, 0.25) is 0 Å². The smallest absolute Gasteiger partial charge is 0.187 e. The fraction of sp³-hybridized carbons (Fsp3) is 1.00. The van der Waals surface area contributed by atoms with E-state index in [1.54, 1.807) is 0 Å². The fourth-order valence-electron chi connectivity index (χ4n) is 7.15. The van der Waals surface area contributed by atoms with Crippen LogP contribution in [-0.4, -0.2) is 222 Å². The molecule has 4 aliphatic heterocycles. The first-order valence-electron chi connectivity index (χ1n) is 17.5. The van der Waals surface area contributed by atoms with Crippen LogP contribution in [0.3, 0.4) is 0 Å². The first-order valence-corrected chi connectivity index (χ1v) is 17.5. The van der Waals surface area contributed by atoms with E-state index in [4.69, 9.17) is 37.9 Å². The average Bonchev–Trinajstić information content (AvgIpc) is 3.14. The Hall–Kier alpha value is -0.840. The molecule has 1 aliphatic carbocycles. The maximum absolute atomic E-state index is 11.3. The van der Waals surface area contributed by atoms with Gasteiger partial charge in [-0.15, -0.1) is 0 Å². The molecule has 304 valence electrons. The number of rotatable bonds is 12. The van der Waals surface area contributed by atoms with Crippen LogP contribution in [-0.2, 0) is 37.9 Å². The van der Waals surface area contributed by atoms with Crippen molar-refractivity contribution in [2.24, 2.45) is 5.92 Å².